The van der Waals surface area contributed by atoms with Gasteiger partial charge < -0.3 is 10.6 Å². The van der Waals surface area contributed by atoms with Crippen LogP contribution in [0.2, 0.25) is 5.02 Å². The van der Waals surface area contributed by atoms with Crippen LogP contribution in [0.5, 0.6) is 0 Å². The zero-order chi connectivity index (χ0) is 13.8. The van der Waals surface area contributed by atoms with Crippen molar-refractivity contribution in [2.45, 2.75) is 45.1 Å². The van der Waals surface area contributed by atoms with E-state index in [9.17, 15) is 0 Å². The van der Waals surface area contributed by atoms with Gasteiger partial charge in [-0.3, -0.25) is 0 Å². The summed E-state index contributed by atoms with van der Waals surface area (Å²) in [5, 5.41) is 0.803. The lowest BCUT2D eigenvalue weighted by Gasteiger charge is -2.38. The fourth-order valence-corrected chi connectivity index (χ4v) is 3.50. The SMILES string of the molecule is CC1CCCCC1N(C)c1ccc(Cl)cc1CCN. The first kappa shape index (κ1) is 14.7. The van der Waals surface area contributed by atoms with Crippen LogP contribution < -0.4 is 10.6 Å². The molecule has 1 aliphatic carbocycles. The molecule has 0 amide bonds. The maximum Gasteiger partial charge on any atom is 0.0410 e. The van der Waals surface area contributed by atoms with E-state index in [1.54, 1.807) is 0 Å². The molecule has 1 aliphatic rings. The van der Waals surface area contributed by atoms with Crippen molar-refractivity contribution in [2.24, 2.45) is 11.7 Å². The summed E-state index contributed by atoms with van der Waals surface area (Å²) in [5.41, 5.74) is 8.30. The summed E-state index contributed by atoms with van der Waals surface area (Å²) in [5.74, 6) is 0.764. The highest BCUT2D eigenvalue weighted by Gasteiger charge is 2.26. The molecule has 1 saturated carbocycles. The molecule has 2 unspecified atom stereocenters. The molecule has 0 radical (unpaired) electrons. The minimum absolute atomic E-state index is 0.645. The molecular formula is C16H25ClN2. The lowest BCUT2D eigenvalue weighted by atomic mass is 9.84. The van der Waals surface area contributed by atoms with Crippen LogP contribution in [0.25, 0.3) is 0 Å². The Morgan fingerprint density at radius 2 is 2.05 bits per heavy atom. The second-order valence-corrected chi connectivity index (χ2v) is 6.19. The van der Waals surface area contributed by atoms with Crippen molar-refractivity contribution in [3.05, 3.63) is 28.8 Å². The van der Waals surface area contributed by atoms with E-state index in [1.165, 1.54) is 36.9 Å². The van der Waals surface area contributed by atoms with Gasteiger partial charge in [-0.25, -0.2) is 0 Å². The van der Waals surface area contributed by atoms with Gasteiger partial charge >= 0.3 is 0 Å². The highest BCUT2D eigenvalue weighted by atomic mass is 35.5. The minimum Gasteiger partial charge on any atom is -0.371 e. The molecule has 1 aromatic carbocycles. The van der Waals surface area contributed by atoms with E-state index in [-0.39, 0.29) is 0 Å². The Kier molecular flexibility index (Phi) is 5.12. The number of anilines is 1. The molecule has 106 valence electrons. The largest absolute Gasteiger partial charge is 0.371 e. The fourth-order valence-electron chi connectivity index (χ4n) is 3.30. The van der Waals surface area contributed by atoms with E-state index in [0.29, 0.717) is 12.6 Å². The molecule has 3 heteroatoms. The number of halogens is 1. The van der Waals surface area contributed by atoms with Crippen LogP contribution in [0.3, 0.4) is 0 Å². The molecule has 0 bridgehead atoms. The molecule has 0 spiro atoms. The summed E-state index contributed by atoms with van der Waals surface area (Å²) >= 11 is 6.11. The fraction of sp³-hybridized carbons (Fsp3) is 0.625. The van der Waals surface area contributed by atoms with Crippen LogP contribution in [0.15, 0.2) is 18.2 Å². The monoisotopic (exact) mass is 280 g/mol. The van der Waals surface area contributed by atoms with Crippen LogP contribution in [0.1, 0.15) is 38.2 Å². The number of nitrogens with two attached hydrogens (primary N) is 1. The molecular weight excluding hydrogens is 256 g/mol. The van der Waals surface area contributed by atoms with Crippen molar-refractivity contribution in [2.75, 3.05) is 18.5 Å². The molecule has 1 aromatic rings. The molecule has 0 saturated heterocycles. The first-order chi connectivity index (χ1) is 9.13. The van der Waals surface area contributed by atoms with Gasteiger partial charge in [-0.15, -0.1) is 0 Å². The second kappa shape index (κ2) is 6.62. The van der Waals surface area contributed by atoms with Crippen molar-refractivity contribution < 1.29 is 0 Å². The van der Waals surface area contributed by atoms with Gasteiger partial charge in [-0.1, -0.05) is 31.4 Å². The van der Waals surface area contributed by atoms with E-state index in [0.717, 1.165) is 17.4 Å². The van der Waals surface area contributed by atoms with Gasteiger partial charge in [0.1, 0.15) is 0 Å². The Bertz CT molecular complexity index is 419. The standard InChI is InChI=1S/C16H25ClN2/c1-12-5-3-4-6-15(12)19(2)16-8-7-14(17)11-13(16)9-10-18/h7-8,11-12,15H,3-6,9-10,18H2,1-2H3. The van der Waals surface area contributed by atoms with Crippen molar-refractivity contribution in [1.82, 2.24) is 0 Å². The molecule has 1 fully saturated rings. The van der Waals surface area contributed by atoms with E-state index < -0.39 is 0 Å². The topological polar surface area (TPSA) is 29.3 Å². The predicted molar refractivity (Wildman–Crippen MR) is 84.0 cm³/mol. The average Bonchev–Trinajstić information content (AvgIpc) is 2.39. The Labute approximate surface area is 121 Å². The second-order valence-electron chi connectivity index (χ2n) is 5.75. The Morgan fingerprint density at radius 1 is 1.32 bits per heavy atom. The Morgan fingerprint density at radius 3 is 2.74 bits per heavy atom. The van der Waals surface area contributed by atoms with Gasteiger partial charge in [0.25, 0.3) is 0 Å². The third-order valence-corrected chi connectivity index (χ3v) is 4.63. The first-order valence-corrected chi connectivity index (χ1v) is 7.72. The highest BCUT2D eigenvalue weighted by molar-refractivity contribution is 6.30. The quantitative estimate of drug-likeness (QED) is 0.907. The van der Waals surface area contributed by atoms with E-state index in [1.807, 2.05) is 6.07 Å². The summed E-state index contributed by atoms with van der Waals surface area (Å²) in [6, 6.07) is 6.84. The molecule has 2 N–H and O–H groups in total. The summed E-state index contributed by atoms with van der Waals surface area (Å²) in [6.07, 6.45) is 6.25. The summed E-state index contributed by atoms with van der Waals surface area (Å²) in [6.45, 7) is 3.04. The van der Waals surface area contributed by atoms with Crippen LogP contribution >= 0.6 is 11.6 Å². The number of hydrogen-bond donors (Lipinski definition) is 1. The summed E-state index contributed by atoms with van der Waals surface area (Å²) < 4.78 is 0. The van der Waals surface area contributed by atoms with E-state index in [2.05, 4.69) is 31.0 Å². The highest BCUT2D eigenvalue weighted by Crippen LogP contribution is 2.33. The lowest BCUT2D eigenvalue weighted by molar-refractivity contribution is 0.321. The van der Waals surface area contributed by atoms with Crippen molar-refractivity contribution >= 4 is 17.3 Å². The molecule has 0 heterocycles. The third-order valence-electron chi connectivity index (χ3n) is 4.40. The Balaban J connectivity index is 2.24. The number of nitrogens with zero attached hydrogens (tertiary/aromatic N) is 1. The number of hydrogen-bond acceptors (Lipinski definition) is 2. The van der Waals surface area contributed by atoms with Gasteiger partial charge in [-0.05, 0) is 55.5 Å². The van der Waals surface area contributed by atoms with Crippen molar-refractivity contribution in [3.63, 3.8) is 0 Å². The normalized spacial score (nSPS) is 23.4. The molecule has 0 aliphatic heterocycles. The molecule has 2 rings (SSSR count). The van der Waals surface area contributed by atoms with Gasteiger partial charge in [-0.2, -0.15) is 0 Å². The molecule has 0 aromatic heterocycles. The van der Waals surface area contributed by atoms with Gasteiger partial charge in [0, 0.05) is 23.8 Å². The molecule has 2 atom stereocenters. The minimum atomic E-state index is 0.645. The van der Waals surface area contributed by atoms with Crippen molar-refractivity contribution in [3.8, 4) is 0 Å². The van der Waals surface area contributed by atoms with Gasteiger partial charge in [0.2, 0.25) is 0 Å². The predicted octanol–water partition coefficient (Wildman–Crippen LogP) is 3.86. The first-order valence-electron chi connectivity index (χ1n) is 7.35. The number of benzene rings is 1. The van der Waals surface area contributed by atoms with Gasteiger partial charge in [0.05, 0.1) is 0 Å². The molecule has 19 heavy (non-hydrogen) atoms. The maximum absolute atomic E-state index is 6.11. The zero-order valence-electron chi connectivity index (χ0n) is 12.0. The number of rotatable bonds is 4. The summed E-state index contributed by atoms with van der Waals surface area (Å²) in [4.78, 5) is 2.45. The third kappa shape index (κ3) is 3.43. The van der Waals surface area contributed by atoms with Crippen LogP contribution in [0.4, 0.5) is 5.69 Å². The smallest absolute Gasteiger partial charge is 0.0410 e. The molecule has 2 nitrogen and oxygen atoms in total. The van der Waals surface area contributed by atoms with Gasteiger partial charge in [0.15, 0.2) is 0 Å². The zero-order valence-corrected chi connectivity index (χ0v) is 12.8. The lowest BCUT2D eigenvalue weighted by Crippen LogP contribution is -2.39. The maximum atomic E-state index is 6.11. The van der Waals surface area contributed by atoms with E-state index >= 15 is 0 Å². The summed E-state index contributed by atoms with van der Waals surface area (Å²) in [7, 11) is 2.22. The Hall–Kier alpha value is -0.730. The van der Waals surface area contributed by atoms with E-state index in [4.69, 9.17) is 17.3 Å². The van der Waals surface area contributed by atoms with Crippen LogP contribution in [0, 0.1) is 5.92 Å². The van der Waals surface area contributed by atoms with Crippen LogP contribution in [-0.4, -0.2) is 19.6 Å². The van der Waals surface area contributed by atoms with Crippen LogP contribution in [-0.2, 0) is 6.42 Å². The average molecular weight is 281 g/mol. The van der Waals surface area contributed by atoms with Crippen molar-refractivity contribution in [1.29, 1.82) is 0 Å².